The van der Waals surface area contributed by atoms with Gasteiger partial charge in [0.1, 0.15) is 66.7 Å². The molecule has 0 spiro atoms. The first-order valence-electron chi connectivity index (χ1n) is 13.5. The van der Waals surface area contributed by atoms with Crippen molar-refractivity contribution in [3.63, 3.8) is 0 Å². The summed E-state index contributed by atoms with van der Waals surface area (Å²) < 4.78 is 28.2. The molecule has 0 radical (unpaired) electrons. The number of carbonyl (C=O) groups is 1. The molecule has 1 aromatic carbocycles. The molecule has 0 saturated carbocycles. The van der Waals surface area contributed by atoms with E-state index >= 15 is 0 Å². The van der Waals surface area contributed by atoms with Gasteiger partial charge in [0.25, 0.3) is 5.91 Å². The summed E-state index contributed by atoms with van der Waals surface area (Å²) in [6.45, 7) is -2.28. The summed E-state index contributed by atoms with van der Waals surface area (Å²) in [6.07, 6.45) is -18.6. The highest BCUT2D eigenvalue weighted by atomic mass is 16.7. The largest absolute Gasteiger partial charge is 0.507 e. The second-order valence-corrected chi connectivity index (χ2v) is 10.5. The van der Waals surface area contributed by atoms with E-state index in [0.717, 1.165) is 0 Å². The number of phenolic OH excluding ortho intramolecular Hbond substituents is 1. The first-order valence-corrected chi connectivity index (χ1v) is 13.5. The van der Waals surface area contributed by atoms with Crippen LogP contribution in [-0.4, -0.2) is 164 Å². The van der Waals surface area contributed by atoms with Gasteiger partial charge in [-0.15, -0.1) is 0 Å². The van der Waals surface area contributed by atoms with Crippen LogP contribution in [0.3, 0.4) is 0 Å². The van der Waals surface area contributed by atoms with E-state index in [1.54, 1.807) is 0 Å². The summed E-state index contributed by atoms with van der Waals surface area (Å²) in [6, 6.07) is 1.13. The van der Waals surface area contributed by atoms with Gasteiger partial charge in [-0.05, 0) is 12.1 Å². The smallest absolute Gasteiger partial charge is 0.255 e. The molecule has 3 aliphatic rings. The Hall–Kier alpha value is -2.11. The summed E-state index contributed by atoms with van der Waals surface area (Å²) >= 11 is 0. The number of nitrogens with one attached hydrogen (secondary N) is 1. The standard InChI is InChI=1S/C25H39N3O15/c26-13-18(35)20(11(6-30)39-23(13)38)43-25-15(28-22(37)8-3-1-2-4-9(8)32)19(36)21(12(7-31)41-25)42-24-14(27)17(34)16(33)10(5-29)40-24/h1-4,10-21,23-25,29-36,38H,5-7,26-27H2,(H,28,37)/t10-,11-,12-,13-,14-,15-,16-,17-,18-,19-,20?,21?,23-,24+,25+/m1/s1. The van der Waals surface area contributed by atoms with Crippen molar-refractivity contribution in [2.24, 2.45) is 11.5 Å². The van der Waals surface area contributed by atoms with Crippen molar-refractivity contribution in [2.45, 2.75) is 91.9 Å². The highest BCUT2D eigenvalue weighted by Crippen LogP contribution is 2.32. The second-order valence-electron chi connectivity index (χ2n) is 10.5. The van der Waals surface area contributed by atoms with Crippen molar-refractivity contribution in [1.82, 2.24) is 5.32 Å². The molecule has 0 bridgehead atoms. The lowest BCUT2D eigenvalue weighted by Crippen LogP contribution is -2.70. The zero-order valence-corrected chi connectivity index (χ0v) is 22.7. The number of carbonyl (C=O) groups excluding carboxylic acids is 1. The lowest BCUT2D eigenvalue weighted by atomic mass is 9.94. The number of para-hydroxylation sites is 1. The van der Waals surface area contributed by atoms with E-state index in [2.05, 4.69) is 5.32 Å². The summed E-state index contributed by atoms with van der Waals surface area (Å²) in [5, 5.41) is 94.7. The number of hydrogen-bond donors (Lipinski definition) is 12. The number of aliphatic hydroxyl groups is 8. The average molecular weight is 622 g/mol. The number of aliphatic hydroxyl groups excluding tert-OH is 8. The number of phenols is 1. The van der Waals surface area contributed by atoms with E-state index in [1.165, 1.54) is 24.3 Å². The van der Waals surface area contributed by atoms with Crippen LogP contribution in [0.4, 0.5) is 0 Å². The topological polar surface area (TPSA) is 309 Å². The Morgan fingerprint density at radius 2 is 1.30 bits per heavy atom. The van der Waals surface area contributed by atoms with Crippen LogP contribution >= 0.6 is 0 Å². The highest BCUT2D eigenvalue weighted by Gasteiger charge is 2.53. The number of benzene rings is 1. The maximum Gasteiger partial charge on any atom is 0.255 e. The molecule has 1 aromatic rings. The Kier molecular flexibility index (Phi) is 11.3. The molecular formula is C25H39N3O15. The molecule has 0 aliphatic carbocycles. The quantitative estimate of drug-likeness (QED) is 0.122. The van der Waals surface area contributed by atoms with Crippen molar-refractivity contribution in [2.75, 3.05) is 19.8 Å². The van der Waals surface area contributed by atoms with Crippen molar-refractivity contribution < 1.29 is 74.4 Å². The van der Waals surface area contributed by atoms with E-state index in [9.17, 15) is 50.8 Å². The van der Waals surface area contributed by atoms with Gasteiger partial charge in [-0.1, -0.05) is 12.1 Å². The molecule has 43 heavy (non-hydrogen) atoms. The molecule has 15 atom stereocenters. The van der Waals surface area contributed by atoms with E-state index in [0.29, 0.717) is 0 Å². The van der Waals surface area contributed by atoms with Gasteiger partial charge in [0.05, 0.1) is 37.5 Å². The van der Waals surface area contributed by atoms with Gasteiger partial charge in [-0.3, -0.25) is 4.79 Å². The van der Waals surface area contributed by atoms with E-state index in [1.807, 2.05) is 0 Å². The maximum absolute atomic E-state index is 13.2. The molecule has 1 amide bonds. The Morgan fingerprint density at radius 3 is 1.93 bits per heavy atom. The molecule has 244 valence electrons. The zero-order valence-electron chi connectivity index (χ0n) is 22.7. The fraction of sp³-hybridized carbons (Fsp3) is 0.720. The summed E-state index contributed by atoms with van der Waals surface area (Å²) in [4.78, 5) is 13.2. The van der Waals surface area contributed by atoms with E-state index < -0.39 is 123 Å². The van der Waals surface area contributed by atoms with Gasteiger partial charge in [-0.25, -0.2) is 0 Å². The predicted molar refractivity (Wildman–Crippen MR) is 139 cm³/mol. The SMILES string of the molecule is N[C@H]1[C@H](OC2[C@@H](CO)O[C@@H](OC3[C@@H](CO)O[C@@H](O)[C@H](N)[C@H]3O)[C@H](NC(=O)c3ccccc3O)[C@H]2O)O[C@H](CO)[C@@H](O)[C@@H]1O. The van der Waals surface area contributed by atoms with Gasteiger partial charge in [0, 0.05) is 0 Å². The first kappa shape index (κ1) is 33.8. The first-order chi connectivity index (χ1) is 20.4. The molecule has 3 aliphatic heterocycles. The van der Waals surface area contributed by atoms with Gasteiger partial charge in [0.15, 0.2) is 18.9 Å². The third kappa shape index (κ3) is 6.93. The van der Waals surface area contributed by atoms with Crippen LogP contribution in [0.2, 0.25) is 0 Å². The van der Waals surface area contributed by atoms with Crippen LogP contribution in [0.25, 0.3) is 0 Å². The molecule has 18 nitrogen and oxygen atoms in total. The number of ether oxygens (including phenoxy) is 5. The molecule has 14 N–H and O–H groups in total. The average Bonchev–Trinajstić information content (AvgIpc) is 3.00. The van der Waals surface area contributed by atoms with Crippen molar-refractivity contribution in [1.29, 1.82) is 0 Å². The van der Waals surface area contributed by atoms with Crippen LogP contribution in [0.5, 0.6) is 5.75 Å². The molecule has 3 heterocycles. The van der Waals surface area contributed by atoms with Crippen LogP contribution in [0, 0.1) is 0 Å². The Labute approximate surface area is 244 Å². The van der Waals surface area contributed by atoms with Crippen LogP contribution in [0.15, 0.2) is 24.3 Å². The molecule has 3 saturated heterocycles. The van der Waals surface area contributed by atoms with Gasteiger partial charge < -0.3 is 86.4 Å². The predicted octanol–water partition coefficient (Wildman–Crippen LogP) is -6.50. The minimum absolute atomic E-state index is 0.199. The molecule has 4 rings (SSSR count). The minimum atomic E-state index is -1.81. The monoisotopic (exact) mass is 621 g/mol. The van der Waals surface area contributed by atoms with E-state index in [-0.39, 0.29) is 5.56 Å². The number of hydrogen-bond acceptors (Lipinski definition) is 17. The molecule has 18 heteroatoms. The third-order valence-electron chi connectivity index (χ3n) is 7.73. The summed E-state index contributed by atoms with van der Waals surface area (Å²) in [5.41, 5.74) is 11.6. The molecule has 3 fully saturated rings. The minimum Gasteiger partial charge on any atom is -0.507 e. The number of amides is 1. The van der Waals surface area contributed by atoms with Crippen molar-refractivity contribution >= 4 is 5.91 Å². The van der Waals surface area contributed by atoms with Crippen LogP contribution < -0.4 is 16.8 Å². The Morgan fingerprint density at radius 1 is 0.744 bits per heavy atom. The third-order valence-corrected chi connectivity index (χ3v) is 7.73. The Balaban J connectivity index is 1.64. The lowest BCUT2D eigenvalue weighted by molar-refractivity contribution is -0.349. The van der Waals surface area contributed by atoms with Crippen LogP contribution in [0.1, 0.15) is 10.4 Å². The van der Waals surface area contributed by atoms with Crippen LogP contribution in [-0.2, 0) is 23.7 Å². The zero-order chi connectivity index (χ0) is 31.6. The summed E-state index contributed by atoms with van der Waals surface area (Å²) in [7, 11) is 0. The normalized spacial score (nSPS) is 43.7. The molecule has 0 aromatic heterocycles. The van der Waals surface area contributed by atoms with Gasteiger partial charge in [0.2, 0.25) is 0 Å². The number of rotatable bonds is 9. The van der Waals surface area contributed by atoms with Gasteiger partial charge >= 0.3 is 0 Å². The maximum atomic E-state index is 13.2. The van der Waals surface area contributed by atoms with E-state index in [4.69, 9.17) is 35.2 Å². The molecular weight excluding hydrogens is 582 g/mol. The van der Waals surface area contributed by atoms with Crippen molar-refractivity contribution in [3.8, 4) is 5.75 Å². The van der Waals surface area contributed by atoms with Gasteiger partial charge in [-0.2, -0.15) is 0 Å². The van der Waals surface area contributed by atoms with Crippen molar-refractivity contribution in [3.05, 3.63) is 29.8 Å². The second kappa shape index (κ2) is 14.3. The highest BCUT2D eigenvalue weighted by molar-refractivity contribution is 5.97. The summed E-state index contributed by atoms with van der Waals surface area (Å²) in [5.74, 6) is -1.30. The Bertz CT molecular complexity index is 1070. The number of nitrogens with two attached hydrogens (primary N) is 2. The fourth-order valence-electron chi connectivity index (χ4n) is 5.21. The fourth-order valence-corrected chi connectivity index (χ4v) is 5.21. The lowest BCUT2D eigenvalue weighted by Gasteiger charge is -2.49. The molecule has 2 unspecified atom stereocenters. The number of aromatic hydroxyl groups is 1.